The van der Waals surface area contributed by atoms with Crippen LogP contribution in [0.2, 0.25) is 0 Å². The van der Waals surface area contributed by atoms with Gasteiger partial charge >= 0.3 is 0 Å². The second-order valence-electron chi connectivity index (χ2n) is 8.73. The lowest BCUT2D eigenvalue weighted by atomic mass is 10.1. The quantitative estimate of drug-likeness (QED) is 0.465. The van der Waals surface area contributed by atoms with Gasteiger partial charge in [0.25, 0.3) is 11.1 Å². The Morgan fingerprint density at radius 2 is 1.97 bits per heavy atom. The summed E-state index contributed by atoms with van der Waals surface area (Å²) in [7, 11) is 1.71. The number of pyridine rings is 1. The highest BCUT2D eigenvalue weighted by Crippen LogP contribution is 2.23. The van der Waals surface area contributed by atoms with Crippen LogP contribution in [0.1, 0.15) is 25.3 Å². The maximum atomic E-state index is 13.6. The first kappa shape index (κ1) is 21.9. The van der Waals surface area contributed by atoms with Gasteiger partial charge < -0.3 is 15.2 Å². The van der Waals surface area contributed by atoms with Crippen molar-refractivity contribution in [1.29, 1.82) is 0 Å². The van der Waals surface area contributed by atoms with Crippen LogP contribution >= 0.6 is 0 Å². The molecular weight excluding hydrogens is 430 g/mol. The van der Waals surface area contributed by atoms with E-state index in [-0.39, 0.29) is 23.7 Å². The molecule has 0 radical (unpaired) electrons. The monoisotopic (exact) mass is 457 g/mol. The molecule has 2 N–H and O–H groups in total. The van der Waals surface area contributed by atoms with E-state index in [1.54, 1.807) is 37.0 Å². The molecule has 174 valence electrons. The Bertz CT molecular complexity index is 1570. The molecule has 0 amide bonds. The number of aryl methyl sites for hydroxylation is 1. The van der Waals surface area contributed by atoms with Gasteiger partial charge in [-0.2, -0.15) is 5.10 Å². The molecule has 5 rings (SSSR count). The van der Waals surface area contributed by atoms with Crippen LogP contribution in [0.25, 0.3) is 21.8 Å². The third kappa shape index (κ3) is 3.76. The number of nitrogens with two attached hydrogens (primary N) is 1. The van der Waals surface area contributed by atoms with Gasteiger partial charge in [0.15, 0.2) is 0 Å². The van der Waals surface area contributed by atoms with E-state index in [0.717, 1.165) is 30.3 Å². The number of hydrogen-bond acceptors (Lipinski definition) is 6. The standard InChI is InChI=1S/C25H27N7O2/c1-3-4-12-31-22-21(28-25(31)30-11-7-8-18(26)16-30)13-27-32(24(22)34)15-17-14-29(2)23(33)20-10-6-5-9-19(17)20/h5-6,9-10,13-14,18H,7-8,11-12,15-16,26H2,1-2H3/t18-/m1/s1. The van der Waals surface area contributed by atoms with E-state index < -0.39 is 0 Å². The Balaban J connectivity index is 1.64. The van der Waals surface area contributed by atoms with E-state index in [9.17, 15) is 9.59 Å². The summed E-state index contributed by atoms with van der Waals surface area (Å²) in [6.45, 7) is 3.89. The van der Waals surface area contributed by atoms with Crippen LogP contribution < -0.4 is 21.8 Å². The van der Waals surface area contributed by atoms with E-state index in [4.69, 9.17) is 10.7 Å². The Labute approximate surface area is 196 Å². The minimum absolute atomic E-state index is 0.0734. The average Bonchev–Trinajstić information content (AvgIpc) is 3.22. The van der Waals surface area contributed by atoms with Gasteiger partial charge in [0.05, 0.1) is 19.3 Å². The van der Waals surface area contributed by atoms with Gasteiger partial charge in [-0.15, -0.1) is 5.92 Å². The molecule has 9 nitrogen and oxygen atoms in total. The number of fused-ring (bicyclic) bond motifs is 2. The summed E-state index contributed by atoms with van der Waals surface area (Å²) >= 11 is 0. The lowest BCUT2D eigenvalue weighted by Gasteiger charge is -2.31. The molecule has 0 bridgehead atoms. The molecule has 1 atom stereocenters. The second kappa shape index (κ2) is 8.80. The number of rotatable bonds is 4. The van der Waals surface area contributed by atoms with E-state index in [0.29, 0.717) is 35.5 Å². The summed E-state index contributed by atoms with van der Waals surface area (Å²) in [4.78, 5) is 33.1. The van der Waals surface area contributed by atoms with E-state index >= 15 is 0 Å². The summed E-state index contributed by atoms with van der Waals surface area (Å²) in [6, 6.07) is 7.50. The normalized spacial score (nSPS) is 16.1. The van der Waals surface area contributed by atoms with Crippen LogP contribution in [0, 0.1) is 11.8 Å². The second-order valence-corrected chi connectivity index (χ2v) is 8.73. The predicted octanol–water partition coefficient (Wildman–Crippen LogP) is 1.44. The molecule has 0 aliphatic carbocycles. The van der Waals surface area contributed by atoms with Crippen molar-refractivity contribution in [2.75, 3.05) is 18.0 Å². The van der Waals surface area contributed by atoms with Crippen LogP contribution in [-0.2, 0) is 20.1 Å². The van der Waals surface area contributed by atoms with Crippen molar-refractivity contribution in [2.45, 2.75) is 38.9 Å². The predicted molar refractivity (Wildman–Crippen MR) is 133 cm³/mol. The SMILES string of the molecule is CC#CCn1c(N2CCC[C@@H](N)C2)nc2cnn(Cc3cn(C)c(=O)c4ccccc34)c(=O)c21. The molecule has 1 saturated heterocycles. The fourth-order valence-corrected chi connectivity index (χ4v) is 4.72. The van der Waals surface area contributed by atoms with Gasteiger partial charge in [-0.3, -0.25) is 14.2 Å². The van der Waals surface area contributed by atoms with E-state index in [2.05, 4.69) is 21.8 Å². The Kier molecular flexibility index (Phi) is 5.67. The maximum Gasteiger partial charge on any atom is 0.293 e. The molecule has 4 heterocycles. The van der Waals surface area contributed by atoms with Crippen LogP contribution in [0.15, 0.2) is 46.2 Å². The molecule has 1 aliphatic rings. The first-order valence-electron chi connectivity index (χ1n) is 11.4. The molecular formula is C25H27N7O2. The van der Waals surface area contributed by atoms with Crippen LogP contribution in [0.3, 0.4) is 0 Å². The smallest absolute Gasteiger partial charge is 0.293 e. The third-order valence-electron chi connectivity index (χ3n) is 6.38. The van der Waals surface area contributed by atoms with Crippen molar-refractivity contribution >= 4 is 27.8 Å². The summed E-state index contributed by atoms with van der Waals surface area (Å²) < 4.78 is 4.85. The largest absolute Gasteiger partial charge is 0.341 e. The van der Waals surface area contributed by atoms with Gasteiger partial charge in [0, 0.05) is 37.8 Å². The summed E-state index contributed by atoms with van der Waals surface area (Å²) in [5.74, 6) is 6.70. The molecule has 1 fully saturated rings. The molecule has 0 saturated carbocycles. The van der Waals surface area contributed by atoms with Gasteiger partial charge in [-0.25, -0.2) is 9.67 Å². The van der Waals surface area contributed by atoms with Crippen LogP contribution in [0.4, 0.5) is 5.95 Å². The Morgan fingerprint density at radius 1 is 1.18 bits per heavy atom. The Hall–Kier alpha value is -3.90. The number of imidazole rings is 1. The zero-order chi connectivity index (χ0) is 23.8. The zero-order valence-electron chi connectivity index (χ0n) is 19.4. The number of aromatic nitrogens is 5. The lowest BCUT2D eigenvalue weighted by Crippen LogP contribution is -2.44. The fraction of sp³-hybridized carbons (Fsp3) is 0.360. The number of hydrogen-bond donors (Lipinski definition) is 1. The highest BCUT2D eigenvalue weighted by molar-refractivity contribution is 5.84. The minimum Gasteiger partial charge on any atom is -0.341 e. The fourth-order valence-electron chi connectivity index (χ4n) is 4.72. The van der Waals surface area contributed by atoms with Crippen molar-refractivity contribution in [2.24, 2.45) is 12.8 Å². The maximum absolute atomic E-state index is 13.6. The average molecular weight is 458 g/mol. The molecule has 34 heavy (non-hydrogen) atoms. The van der Waals surface area contributed by atoms with Gasteiger partial charge in [-0.05, 0) is 36.8 Å². The molecule has 3 aromatic heterocycles. The number of benzene rings is 1. The van der Waals surface area contributed by atoms with Gasteiger partial charge in [-0.1, -0.05) is 24.1 Å². The van der Waals surface area contributed by atoms with Crippen LogP contribution in [-0.4, -0.2) is 43.0 Å². The molecule has 4 aromatic rings. The van der Waals surface area contributed by atoms with Crippen molar-refractivity contribution in [3.8, 4) is 11.8 Å². The molecule has 0 unspecified atom stereocenters. The summed E-state index contributed by atoms with van der Waals surface area (Å²) in [6.07, 6.45) is 5.35. The van der Waals surface area contributed by atoms with E-state index in [1.165, 1.54) is 4.68 Å². The number of nitrogens with zero attached hydrogens (tertiary/aromatic N) is 6. The molecule has 9 heteroatoms. The van der Waals surface area contributed by atoms with Crippen molar-refractivity contribution < 1.29 is 0 Å². The highest BCUT2D eigenvalue weighted by Gasteiger charge is 2.24. The minimum atomic E-state index is -0.242. The molecule has 1 aromatic carbocycles. The van der Waals surface area contributed by atoms with Crippen molar-refractivity contribution in [3.63, 3.8) is 0 Å². The first-order chi connectivity index (χ1) is 16.5. The summed E-state index contributed by atoms with van der Waals surface area (Å²) in [5, 5.41) is 5.84. The zero-order valence-corrected chi connectivity index (χ0v) is 19.4. The highest BCUT2D eigenvalue weighted by atomic mass is 16.1. The summed E-state index contributed by atoms with van der Waals surface area (Å²) in [5.41, 5.74) is 7.74. The van der Waals surface area contributed by atoms with Gasteiger partial charge in [0.1, 0.15) is 11.0 Å². The third-order valence-corrected chi connectivity index (χ3v) is 6.38. The number of anilines is 1. The Morgan fingerprint density at radius 3 is 2.74 bits per heavy atom. The first-order valence-corrected chi connectivity index (χ1v) is 11.4. The molecule has 0 spiro atoms. The topological polar surface area (TPSA) is 104 Å². The van der Waals surface area contributed by atoms with Crippen LogP contribution in [0.5, 0.6) is 0 Å². The van der Waals surface area contributed by atoms with Crippen molar-refractivity contribution in [1.82, 2.24) is 23.9 Å². The molecule has 1 aliphatic heterocycles. The van der Waals surface area contributed by atoms with Gasteiger partial charge in [0.2, 0.25) is 5.95 Å². The number of piperidine rings is 1. The van der Waals surface area contributed by atoms with Crippen molar-refractivity contribution in [3.05, 3.63) is 62.9 Å². The lowest BCUT2D eigenvalue weighted by molar-refractivity contribution is 0.496. The van der Waals surface area contributed by atoms with E-state index in [1.807, 2.05) is 22.8 Å².